The van der Waals surface area contributed by atoms with E-state index in [0.717, 1.165) is 4.90 Å². The van der Waals surface area contributed by atoms with Crippen molar-refractivity contribution in [3.8, 4) is 0 Å². The lowest BCUT2D eigenvalue weighted by atomic mass is 10.2. The lowest BCUT2D eigenvalue weighted by Crippen LogP contribution is -2.41. The van der Waals surface area contributed by atoms with Gasteiger partial charge in [0.05, 0.1) is 11.9 Å². The van der Waals surface area contributed by atoms with Crippen LogP contribution in [0.3, 0.4) is 0 Å². The molecule has 1 fully saturated rings. The first-order valence-electron chi connectivity index (χ1n) is 6.06. The van der Waals surface area contributed by atoms with Gasteiger partial charge >= 0.3 is 5.97 Å². The van der Waals surface area contributed by atoms with Crippen LogP contribution in [0.15, 0.2) is 29.2 Å². The van der Waals surface area contributed by atoms with Crippen LogP contribution in [-0.4, -0.2) is 51.4 Å². The Balaban J connectivity index is 1.94. The molecule has 2 rings (SSSR count). The molecule has 1 saturated heterocycles. The van der Waals surface area contributed by atoms with E-state index in [1.165, 1.54) is 16.7 Å². The number of hydrogen-bond donors (Lipinski definition) is 2. The van der Waals surface area contributed by atoms with E-state index in [9.17, 15) is 14.7 Å². The minimum absolute atomic E-state index is 0.0803. The highest BCUT2D eigenvalue weighted by atomic mass is 35.5. The highest BCUT2D eigenvalue weighted by Gasteiger charge is 2.38. The minimum atomic E-state index is -1.08. The normalized spacial score (nSPS) is 22.0. The minimum Gasteiger partial charge on any atom is -0.480 e. The molecule has 0 aliphatic carbocycles. The second kappa shape index (κ2) is 6.47. The van der Waals surface area contributed by atoms with Crippen molar-refractivity contribution in [2.24, 2.45) is 0 Å². The van der Waals surface area contributed by atoms with Crippen LogP contribution in [0.1, 0.15) is 6.42 Å². The van der Waals surface area contributed by atoms with Crippen molar-refractivity contribution in [2.45, 2.75) is 23.5 Å². The lowest BCUT2D eigenvalue weighted by Gasteiger charge is -2.20. The Hall–Kier alpha value is -1.24. The van der Waals surface area contributed by atoms with Gasteiger partial charge in [0.2, 0.25) is 5.91 Å². The number of aliphatic hydroxyl groups excluding tert-OH is 1. The van der Waals surface area contributed by atoms with Gasteiger partial charge in [-0.2, -0.15) is 0 Å². The van der Waals surface area contributed by atoms with Gasteiger partial charge in [-0.15, -0.1) is 11.8 Å². The molecule has 0 spiro atoms. The summed E-state index contributed by atoms with van der Waals surface area (Å²) in [5.41, 5.74) is 0. The van der Waals surface area contributed by atoms with E-state index in [0.29, 0.717) is 5.02 Å². The van der Waals surface area contributed by atoms with Gasteiger partial charge in [-0.25, -0.2) is 4.79 Å². The highest BCUT2D eigenvalue weighted by Crippen LogP contribution is 2.23. The number of nitrogens with zero attached hydrogens (tertiary/aromatic N) is 1. The maximum absolute atomic E-state index is 12.1. The number of carbonyl (C=O) groups is 2. The topological polar surface area (TPSA) is 77.8 Å². The molecule has 1 amide bonds. The van der Waals surface area contributed by atoms with E-state index in [-0.39, 0.29) is 24.6 Å². The molecule has 1 aromatic rings. The summed E-state index contributed by atoms with van der Waals surface area (Å²) in [5, 5.41) is 19.2. The molecule has 1 aliphatic rings. The van der Waals surface area contributed by atoms with Crippen molar-refractivity contribution in [1.82, 2.24) is 4.90 Å². The Morgan fingerprint density at radius 3 is 2.60 bits per heavy atom. The fourth-order valence-electron chi connectivity index (χ4n) is 2.08. The zero-order chi connectivity index (χ0) is 14.7. The van der Waals surface area contributed by atoms with E-state index in [2.05, 4.69) is 0 Å². The molecule has 20 heavy (non-hydrogen) atoms. The average molecular weight is 316 g/mol. The third kappa shape index (κ3) is 3.65. The third-order valence-electron chi connectivity index (χ3n) is 3.06. The van der Waals surface area contributed by atoms with E-state index >= 15 is 0 Å². The lowest BCUT2D eigenvalue weighted by molar-refractivity contribution is -0.147. The molecular formula is C13H14ClNO4S. The molecule has 2 atom stereocenters. The number of hydrogen-bond acceptors (Lipinski definition) is 4. The van der Waals surface area contributed by atoms with Crippen LogP contribution < -0.4 is 0 Å². The number of aliphatic carboxylic acids is 1. The predicted octanol–water partition coefficient (Wildman–Crippen LogP) is 1.48. The first-order chi connectivity index (χ1) is 9.47. The number of aliphatic hydroxyl groups is 1. The first-order valence-corrected chi connectivity index (χ1v) is 7.42. The summed E-state index contributed by atoms with van der Waals surface area (Å²) in [4.78, 5) is 25.2. The Kier molecular flexibility index (Phi) is 4.91. The molecule has 1 aliphatic heterocycles. The Labute approximate surface area is 125 Å². The summed E-state index contributed by atoms with van der Waals surface area (Å²) in [7, 11) is 0. The molecule has 0 saturated carbocycles. The predicted molar refractivity (Wildman–Crippen MR) is 75.9 cm³/mol. The summed E-state index contributed by atoms with van der Waals surface area (Å²) in [6.07, 6.45) is -0.673. The number of rotatable bonds is 4. The quantitative estimate of drug-likeness (QED) is 0.823. The fourth-order valence-corrected chi connectivity index (χ4v) is 2.99. The fraction of sp³-hybridized carbons (Fsp3) is 0.385. The number of benzene rings is 1. The Bertz CT molecular complexity index is 508. The molecule has 0 radical (unpaired) electrons. The van der Waals surface area contributed by atoms with Crippen molar-refractivity contribution >= 4 is 35.2 Å². The smallest absolute Gasteiger partial charge is 0.326 e. The van der Waals surface area contributed by atoms with E-state index in [1.54, 1.807) is 24.3 Å². The zero-order valence-electron chi connectivity index (χ0n) is 10.5. The van der Waals surface area contributed by atoms with Crippen molar-refractivity contribution in [3.63, 3.8) is 0 Å². The number of thioether (sulfide) groups is 1. The maximum atomic E-state index is 12.1. The van der Waals surface area contributed by atoms with Crippen molar-refractivity contribution in [3.05, 3.63) is 29.3 Å². The van der Waals surface area contributed by atoms with Gasteiger partial charge in [-0.05, 0) is 24.3 Å². The molecule has 7 heteroatoms. The largest absolute Gasteiger partial charge is 0.480 e. The van der Waals surface area contributed by atoms with E-state index in [4.69, 9.17) is 16.7 Å². The standard InChI is InChI=1S/C13H14ClNO4S/c14-8-1-3-10(4-2-8)20-7-12(17)15-6-9(16)5-11(15)13(18)19/h1-4,9,11,16H,5-7H2,(H,18,19)/t9-,11+/m1/s1. The second-order valence-corrected chi connectivity index (χ2v) is 6.02. The van der Waals surface area contributed by atoms with Gasteiger partial charge in [0.25, 0.3) is 0 Å². The second-order valence-electron chi connectivity index (χ2n) is 4.53. The monoisotopic (exact) mass is 315 g/mol. The molecule has 1 heterocycles. The van der Waals surface area contributed by atoms with E-state index < -0.39 is 18.1 Å². The SMILES string of the molecule is O=C(O)[C@@H]1C[C@@H](O)CN1C(=O)CSc1ccc(Cl)cc1. The molecule has 0 aromatic heterocycles. The summed E-state index contributed by atoms with van der Waals surface area (Å²) in [6, 6.07) is 6.13. The van der Waals surface area contributed by atoms with Gasteiger partial charge in [-0.1, -0.05) is 11.6 Å². The van der Waals surface area contributed by atoms with Gasteiger partial charge in [-0.3, -0.25) is 4.79 Å². The molecule has 0 bridgehead atoms. The van der Waals surface area contributed by atoms with Crippen LogP contribution in [0.25, 0.3) is 0 Å². The number of carboxylic acids is 1. The maximum Gasteiger partial charge on any atom is 0.326 e. The van der Waals surface area contributed by atoms with Crippen LogP contribution in [0, 0.1) is 0 Å². The molecule has 0 unspecified atom stereocenters. The van der Waals surface area contributed by atoms with Crippen molar-refractivity contribution in [1.29, 1.82) is 0 Å². The highest BCUT2D eigenvalue weighted by molar-refractivity contribution is 8.00. The molecule has 108 valence electrons. The van der Waals surface area contributed by atoms with Crippen LogP contribution in [-0.2, 0) is 9.59 Å². The van der Waals surface area contributed by atoms with Crippen LogP contribution in [0.5, 0.6) is 0 Å². The summed E-state index contributed by atoms with van der Waals surface area (Å²) < 4.78 is 0. The number of amides is 1. The van der Waals surface area contributed by atoms with Gasteiger partial charge in [0.1, 0.15) is 6.04 Å². The molecular weight excluding hydrogens is 302 g/mol. The van der Waals surface area contributed by atoms with Gasteiger partial charge in [0, 0.05) is 22.9 Å². The number of carboxylic acid groups (broad SMARTS) is 1. The molecule has 2 N–H and O–H groups in total. The Morgan fingerprint density at radius 1 is 1.35 bits per heavy atom. The van der Waals surface area contributed by atoms with Crippen LogP contribution >= 0.6 is 23.4 Å². The molecule has 1 aromatic carbocycles. The molecule has 5 nitrogen and oxygen atoms in total. The third-order valence-corrected chi connectivity index (χ3v) is 4.31. The number of β-amino-alcohol motifs (C(OH)–C–C–N with tert-alkyl or cyclic N) is 1. The average Bonchev–Trinajstić information content (AvgIpc) is 2.80. The van der Waals surface area contributed by atoms with Crippen molar-refractivity contribution in [2.75, 3.05) is 12.3 Å². The number of carbonyl (C=O) groups excluding carboxylic acids is 1. The summed E-state index contributed by atoms with van der Waals surface area (Å²) >= 11 is 7.09. The van der Waals surface area contributed by atoms with Crippen LogP contribution in [0.4, 0.5) is 0 Å². The van der Waals surface area contributed by atoms with Gasteiger partial charge in [0.15, 0.2) is 0 Å². The summed E-state index contributed by atoms with van der Waals surface area (Å²) in [5.74, 6) is -1.22. The summed E-state index contributed by atoms with van der Waals surface area (Å²) in [6.45, 7) is 0.0803. The zero-order valence-corrected chi connectivity index (χ0v) is 12.1. The Morgan fingerprint density at radius 2 is 2.00 bits per heavy atom. The van der Waals surface area contributed by atoms with Crippen LogP contribution in [0.2, 0.25) is 5.02 Å². The number of likely N-dealkylation sites (tertiary alicyclic amines) is 1. The first kappa shape index (κ1) is 15.2. The number of halogens is 1. The van der Waals surface area contributed by atoms with E-state index in [1.807, 2.05) is 0 Å². The van der Waals surface area contributed by atoms with Gasteiger partial charge < -0.3 is 15.1 Å². The van der Waals surface area contributed by atoms with Crippen molar-refractivity contribution < 1.29 is 19.8 Å².